The number of nitrogen functional groups attached to an aromatic ring is 1. The first-order chi connectivity index (χ1) is 8.49. The average Bonchev–Trinajstić information content (AvgIpc) is 2.76. The van der Waals surface area contributed by atoms with Gasteiger partial charge >= 0.3 is 0 Å². The number of hydrogen-bond donors (Lipinski definition) is 2. The number of nitrogens with one attached hydrogen (secondary N) is 1. The van der Waals surface area contributed by atoms with E-state index < -0.39 is 0 Å². The Morgan fingerprint density at radius 2 is 2.06 bits per heavy atom. The molecule has 94 valence electrons. The number of aryl methyl sites for hydroxylation is 2. The number of nitrogens with zero attached hydrogens (tertiary/aromatic N) is 2. The van der Waals surface area contributed by atoms with Gasteiger partial charge in [0.05, 0.1) is 11.4 Å². The highest BCUT2D eigenvalue weighted by Crippen LogP contribution is 2.26. The summed E-state index contributed by atoms with van der Waals surface area (Å²) in [7, 11) is 1.77. The Morgan fingerprint density at radius 1 is 1.33 bits per heavy atom. The molecule has 2 rings (SSSR count). The number of carbonyl (C=O) groups is 1. The van der Waals surface area contributed by atoms with E-state index in [-0.39, 0.29) is 5.91 Å². The fourth-order valence-electron chi connectivity index (χ4n) is 1.72. The van der Waals surface area contributed by atoms with Crippen LogP contribution in [0.1, 0.15) is 21.6 Å². The van der Waals surface area contributed by atoms with E-state index in [1.807, 2.05) is 19.9 Å². The molecule has 3 N–H and O–H groups in total. The quantitative estimate of drug-likeness (QED) is 0.792. The summed E-state index contributed by atoms with van der Waals surface area (Å²) in [6.07, 6.45) is 1.72. The largest absolute Gasteiger partial charge is 0.397 e. The highest BCUT2D eigenvalue weighted by molar-refractivity contribution is 6.05. The maximum Gasteiger partial charge on any atom is 0.276 e. The minimum atomic E-state index is -0.254. The van der Waals surface area contributed by atoms with E-state index >= 15 is 0 Å². The molecule has 18 heavy (non-hydrogen) atoms. The van der Waals surface area contributed by atoms with Gasteiger partial charge in [0.1, 0.15) is 0 Å². The van der Waals surface area contributed by atoms with E-state index in [2.05, 4.69) is 10.4 Å². The smallest absolute Gasteiger partial charge is 0.276 e. The summed E-state index contributed by atoms with van der Waals surface area (Å²) in [5.41, 5.74) is 9.53. The first kappa shape index (κ1) is 12.2. The summed E-state index contributed by atoms with van der Waals surface area (Å²) in [6, 6.07) is 5.38. The molecule has 1 amide bonds. The molecule has 0 fully saturated rings. The van der Waals surface area contributed by atoms with Crippen molar-refractivity contribution in [3.63, 3.8) is 0 Å². The van der Waals surface area contributed by atoms with E-state index in [0.29, 0.717) is 17.1 Å². The molecule has 2 aromatic rings. The summed E-state index contributed by atoms with van der Waals surface area (Å²) in [5.74, 6) is -0.254. The van der Waals surface area contributed by atoms with Crippen LogP contribution in [0.5, 0.6) is 0 Å². The Hall–Kier alpha value is -2.30. The molecule has 1 aromatic carbocycles. The Balaban J connectivity index is 2.30. The van der Waals surface area contributed by atoms with Gasteiger partial charge in [-0.25, -0.2) is 0 Å². The average molecular weight is 244 g/mol. The van der Waals surface area contributed by atoms with Crippen molar-refractivity contribution in [2.45, 2.75) is 13.8 Å². The molecule has 1 heterocycles. The molecule has 0 atom stereocenters. The van der Waals surface area contributed by atoms with E-state index in [0.717, 1.165) is 11.1 Å². The van der Waals surface area contributed by atoms with Crippen LogP contribution in [0, 0.1) is 13.8 Å². The molecule has 0 unspecified atom stereocenters. The minimum absolute atomic E-state index is 0.254. The molecule has 0 aliphatic carbocycles. The lowest BCUT2D eigenvalue weighted by Gasteiger charge is -2.12. The monoisotopic (exact) mass is 244 g/mol. The lowest BCUT2D eigenvalue weighted by Crippen LogP contribution is -2.15. The molecule has 5 nitrogen and oxygen atoms in total. The van der Waals surface area contributed by atoms with Gasteiger partial charge in [-0.05, 0) is 37.1 Å². The molecule has 0 spiro atoms. The number of rotatable bonds is 2. The summed E-state index contributed by atoms with van der Waals surface area (Å²) in [5, 5.41) is 6.86. The fraction of sp³-hybridized carbons (Fsp3) is 0.231. The number of benzene rings is 1. The molecular weight excluding hydrogens is 228 g/mol. The first-order valence-corrected chi connectivity index (χ1v) is 5.65. The number of carbonyl (C=O) groups excluding carboxylic acids is 1. The molecule has 0 aliphatic heterocycles. The van der Waals surface area contributed by atoms with Gasteiger partial charge in [-0.15, -0.1) is 0 Å². The molecule has 0 saturated heterocycles. The summed E-state index contributed by atoms with van der Waals surface area (Å²) < 4.78 is 1.58. The van der Waals surface area contributed by atoms with Crippen LogP contribution in [0.2, 0.25) is 0 Å². The standard InChI is InChI=1S/C13H16N4O/c1-8-4-5-10(14)12(9(8)2)15-13(18)11-6-7-17(3)16-11/h4-7H,14H2,1-3H3,(H,15,18). The van der Waals surface area contributed by atoms with Crippen molar-refractivity contribution in [2.24, 2.45) is 7.05 Å². The number of aromatic nitrogens is 2. The van der Waals surface area contributed by atoms with Crippen LogP contribution in [0.3, 0.4) is 0 Å². The van der Waals surface area contributed by atoms with Gasteiger partial charge in [0.2, 0.25) is 0 Å². The van der Waals surface area contributed by atoms with Gasteiger partial charge in [-0.2, -0.15) is 5.10 Å². The Bertz CT molecular complexity index is 601. The predicted octanol–water partition coefficient (Wildman–Crippen LogP) is 1.87. The second-order valence-electron chi connectivity index (χ2n) is 4.30. The van der Waals surface area contributed by atoms with Crippen LogP contribution < -0.4 is 11.1 Å². The first-order valence-electron chi connectivity index (χ1n) is 5.65. The van der Waals surface area contributed by atoms with Crippen LogP contribution >= 0.6 is 0 Å². The highest BCUT2D eigenvalue weighted by Gasteiger charge is 2.13. The zero-order valence-electron chi connectivity index (χ0n) is 10.7. The van der Waals surface area contributed by atoms with E-state index in [1.54, 1.807) is 30.1 Å². The molecule has 0 radical (unpaired) electrons. The van der Waals surface area contributed by atoms with Crippen LogP contribution in [0.4, 0.5) is 11.4 Å². The van der Waals surface area contributed by atoms with Crippen molar-refractivity contribution in [3.8, 4) is 0 Å². The van der Waals surface area contributed by atoms with Crippen LogP contribution in [0.15, 0.2) is 24.4 Å². The normalized spacial score (nSPS) is 10.4. The molecular formula is C13H16N4O. The summed E-state index contributed by atoms with van der Waals surface area (Å²) in [6.45, 7) is 3.91. The minimum Gasteiger partial charge on any atom is -0.397 e. The van der Waals surface area contributed by atoms with Crippen LogP contribution in [-0.4, -0.2) is 15.7 Å². The molecule has 1 aromatic heterocycles. The van der Waals surface area contributed by atoms with Gasteiger partial charge in [0, 0.05) is 13.2 Å². The van der Waals surface area contributed by atoms with Crippen molar-refractivity contribution >= 4 is 17.3 Å². The second kappa shape index (κ2) is 4.52. The number of nitrogens with two attached hydrogens (primary N) is 1. The van der Waals surface area contributed by atoms with Crippen LogP contribution in [0.25, 0.3) is 0 Å². The number of amides is 1. The third-order valence-electron chi connectivity index (χ3n) is 2.95. The summed E-state index contributed by atoms with van der Waals surface area (Å²) in [4.78, 5) is 12.0. The highest BCUT2D eigenvalue weighted by atomic mass is 16.1. The molecule has 0 aliphatic rings. The Morgan fingerprint density at radius 3 is 2.67 bits per heavy atom. The fourth-order valence-corrected chi connectivity index (χ4v) is 1.72. The van der Waals surface area contributed by atoms with Gasteiger partial charge in [0.15, 0.2) is 5.69 Å². The Kier molecular flexibility index (Phi) is 3.06. The third-order valence-corrected chi connectivity index (χ3v) is 2.95. The Labute approximate surface area is 106 Å². The number of anilines is 2. The number of hydrogen-bond acceptors (Lipinski definition) is 3. The topological polar surface area (TPSA) is 72.9 Å². The van der Waals surface area contributed by atoms with Gasteiger partial charge in [-0.3, -0.25) is 9.48 Å². The summed E-state index contributed by atoms with van der Waals surface area (Å²) >= 11 is 0. The zero-order valence-corrected chi connectivity index (χ0v) is 10.7. The SMILES string of the molecule is Cc1ccc(N)c(NC(=O)c2ccn(C)n2)c1C. The van der Waals surface area contributed by atoms with E-state index in [9.17, 15) is 4.79 Å². The van der Waals surface area contributed by atoms with Crippen molar-refractivity contribution < 1.29 is 4.79 Å². The lowest BCUT2D eigenvalue weighted by atomic mass is 10.1. The second-order valence-corrected chi connectivity index (χ2v) is 4.30. The van der Waals surface area contributed by atoms with E-state index in [4.69, 9.17) is 5.73 Å². The van der Waals surface area contributed by atoms with Crippen molar-refractivity contribution in [3.05, 3.63) is 41.2 Å². The zero-order chi connectivity index (χ0) is 13.3. The lowest BCUT2D eigenvalue weighted by molar-refractivity contribution is 0.102. The van der Waals surface area contributed by atoms with Crippen molar-refractivity contribution in [1.29, 1.82) is 0 Å². The van der Waals surface area contributed by atoms with Gasteiger partial charge in [0.25, 0.3) is 5.91 Å². The third kappa shape index (κ3) is 2.20. The van der Waals surface area contributed by atoms with Crippen molar-refractivity contribution in [1.82, 2.24) is 9.78 Å². The maximum atomic E-state index is 12.0. The molecule has 0 saturated carbocycles. The molecule has 5 heteroatoms. The van der Waals surface area contributed by atoms with Crippen LogP contribution in [-0.2, 0) is 7.05 Å². The van der Waals surface area contributed by atoms with Gasteiger partial charge in [-0.1, -0.05) is 6.07 Å². The van der Waals surface area contributed by atoms with E-state index in [1.165, 1.54) is 0 Å². The van der Waals surface area contributed by atoms with Gasteiger partial charge < -0.3 is 11.1 Å². The predicted molar refractivity (Wildman–Crippen MR) is 71.5 cm³/mol. The van der Waals surface area contributed by atoms with Crippen molar-refractivity contribution in [2.75, 3.05) is 11.1 Å². The molecule has 0 bridgehead atoms. The maximum absolute atomic E-state index is 12.0.